The van der Waals surface area contributed by atoms with Crippen molar-refractivity contribution in [2.45, 2.75) is 13.0 Å². The molecule has 0 bridgehead atoms. The molecule has 0 spiro atoms. The number of para-hydroxylation sites is 1. The van der Waals surface area contributed by atoms with Crippen molar-refractivity contribution in [3.8, 4) is 23.0 Å². The Morgan fingerprint density at radius 3 is 2.14 bits per heavy atom. The van der Waals surface area contributed by atoms with Gasteiger partial charge in [-0.05, 0) is 30.7 Å². The van der Waals surface area contributed by atoms with Gasteiger partial charge in [-0.2, -0.15) is 0 Å². The summed E-state index contributed by atoms with van der Waals surface area (Å²) in [7, 11) is 4.92. The lowest BCUT2D eigenvalue weighted by atomic mass is 9.94. The molecule has 6 heteroatoms. The van der Waals surface area contributed by atoms with E-state index in [1.807, 2.05) is 31.2 Å². The van der Waals surface area contributed by atoms with Crippen molar-refractivity contribution in [1.82, 2.24) is 10.2 Å². The van der Waals surface area contributed by atoms with Crippen LogP contribution in [0.5, 0.6) is 23.0 Å². The van der Waals surface area contributed by atoms with E-state index in [9.17, 15) is 0 Å². The van der Waals surface area contributed by atoms with E-state index in [1.165, 1.54) is 0 Å². The minimum Gasteiger partial charge on any atom is -0.494 e. The summed E-state index contributed by atoms with van der Waals surface area (Å²) in [6, 6.07) is 12.3. The highest BCUT2D eigenvalue weighted by molar-refractivity contribution is 5.56. The highest BCUT2D eigenvalue weighted by atomic mass is 16.5. The van der Waals surface area contributed by atoms with Crippen LogP contribution in [0.1, 0.15) is 24.1 Å². The molecule has 28 heavy (non-hydrogen) atoms. The summed E-state index contributed by atoms with van der Waals surface area (Å²) in [5, 5.41) is 3.43. The van der Waals surface area contributed by atoms with Gasteiger partial charge >= 0.3 is 0 Å². The van der Waals surface area contributed by atoms with Crippen molar-refractivity contribution in [3.05, 3.63) is 47.5 Å². The van der Waals surface area contributed by atoms with Crippen LogP contribution in [0.3, 0.4) is 0 Å². The lowest BCUT2D eigenvalue weighted by Crippen LogP contribution is -2.45. The highest BCUT2D eigenvalue weighted by Crippen LogP contribution is 2.43. The zero-order valence-electron chi connectivity index (χ0n) is 17.2. The number of ether oxygens (including phenoxy) is 4. The molecular formula is C22H30N2O4. The van der Waals surface area contributed by atoms with Crippen molar-refractivity contribution in [2.24, 2.45) is 0 Å². The first kappa shape index (κ1) is 20.3. The summed E-state index contributed by atoms with van der Waals surface area (Å²) in [6.07, 6.45) is 0. The molecular weight excluding hydrogens is 356 g/mol. The van der Waals surface area contributed by atoms with Crippen molar-refractivity contribution in [2.75, 3.05) is 54.1 Å². The van der Waals surface area contributed by atoms with E-state index in [-0.39, 0.29) is 6.04 Å². The Balaban J connectivity index is 2.15. The van der Waals surface area contributed by atoms with Crippen LogP contribution in [-0.2, 0) is 0 Å². The van der Waals surface area contributed by atoms with E-state index in [0.717, 1.165) is 43.1 Å². The van der Waals surface area contributed by atoms with Crippen LogP contribution in [0.15, 0.2) is 36.4 Å². The fraction of sp³-hybridized carbons (Fsp3) is 0.455. The van der Waals surface area contributed by atoms with Gasteiger partial charge < -0.3 is 24.3 Å². The van der Waals surface area contributed by atoms with Crippen molar-refractivity contribution in [1.29, 1.82) is 0 Å². The molecule has 0 radical (unpaired) electrons. The van der Waals surface area contributed by atoms with Crippen molar-refractivity contribution < 1.29 is 18.9 Å². The number of piperazine rings is 1. The monoisotopic (exact) mass is 386 g/mol. The number of nitrogens with zero attached hydrogens (tertiary/aromatic N) is 1. The molecule has 0 aliphatic carbocycles. The summed E-state index contributed by atoms with van der Waals surface area (Å²) in [5.74, 6) is 2.82. The van der Waals surface area contributed by atoms with Gasteiger partial charge in [0.15, 0.2) is 11.5 Å². The molecule has 2 aromatic rings. The van der Waals surface area contributed by atoms with Crippen LogP contribution in [-0.4, -0.2) is 59.0 Å². The predicted molar refractivity (Wildman–Crippen MR) is 110 cm³/mol. The third-order valence-corrected chi connectivity index (χ3v) is 5.03. The summed E-state index contributed by atoms with van der Waals surface area (Å²) in [4.78, 5) is 2.47. The van der Waals surface area contributed by atoms with Crippen LogP contribution in [0.25, 0.3) is 0 Å². The normalized spacial score (nSPS) is 15.7. The van der Waals surface area contributed by atoms with Crippen molar-refractivity contribution in [3.63, 3.8) is 0 Å². The summed E-state index contributed by atoms with van der Waals surface area (Å²) < 4.78 is 22.7. The lowest BCUT2D eigenvalue weighted by molar-refractivity contribution is 0.193. The second kappa shape index (κ2) is 9.66. The maximum Gasteiger partial charge on any atom is 0.203 e. The van der Waals surface area contributed by atoms with Gasteiger partial charge in [-0.25, -0.2) is 0 Å². The van der Waals surface area contributed by atoms with E-state index in [1.54, 1.807) is 21.3 Å². The Morgan fingerprint density at radius 2 is 1.57 bits per heavy atom. The van der Waals surface area contributed by atoms with Gasteiger partial charge in [0.1, 0.15) is 5.75 Å². The largest absolute Gasteiger partial charge is 0.494 e. The maximum atomic E-state index is 5.96. The quantitative estimate of drug-likeness (QED) is 0.752. The minimum atomic E-state index is 0.0264. The van der Waals surface area contributed by atoms with Crippen molar-refractivity contribution >= 4 is 0 Å². The Hall–Kier alpha value is -2.44. The topological polar surface area (TPSA) is 52.2 Å². The average molecular weight is 386 g/mol. The number of rotatable bonds is 8. The molecule has 1 fully saturated rings. The van der Waals surface area contributed by atoms with Crippen LogP contribution in [0, 0.1) is 0 Å². The first-order valence-corrected chi connectivity index (χ1v) is 9.69. The third kappa shape index (κ3) is 4.18. The fourth-order valence-electron chi connectivity index (χ4n) is 3.78. The summed E-state index contributed by atoms with van der Waals surface area (Å²) >= 11 is 0. The Labute approximate surface area is 167 Å². The standard InChI is InChI=1S/C22H30N2O4/c1-5-28-18-9-7-6-8-17(18)21(24-12-10-23-11-13-24)16-14-19(25-2)22(27-4)20(15-16)26-3/h6-9,14-15,21,23H,5,10-13H2,1-4H3. The highest BCUT2D eigenvalue weighted by Gasteiger charge is 2.28. The zero-order chi connectivity index (χ0) is 19.9. The molecule has 1 saturated heterocycles. The molecule has 6 nitrogen and oxygen atoms in total. The number of methoxy groups -OCH3 is 3. The van der Waals surface area contributed by atoms with E-state index >= 15 is 0 Å². The molecule has 0 amide bonds. The van der Waals surface area contributed by atoms with Crippen LogP contribution < -0.4 is 24.3 Å². The third-order valence-electron chi connectivity index (χ3n) is 5.03. The number of hydrogen-bond donors (Lipinski definition) is 1. The van der Waals surface area contributed by atoms with E-state index in [4.69, 9.17) is 18.9 Å². The molecule has 1 aliphatic heterocycles. The predicted octanol–water partition coefficient (Wildman–Crippen LogP) is 3.11. The smallest absolute Gasteiger partial charge is 0.203 e. The van der Waals surface area contributed by atoms with Gasteiger partial charge in [0.05, 0.1) is 34.0 Å². The van der Waals surface area contributed by atoms with Gasteiger partial charge in [-0.1, -0.05) is 18.2 Å². The van der Waals surface area contributed by atoms with E-state index in [0.29, 0.717) is 23.9 Å². The maximum absolute atomic E-state index is 5.96. The van der Waals surface area contributed by atoms with Crippen LogP contribution in [0.4, 0.5) is 0 Å². The molecule has 3 rings (SSSR count). The molecule has 1 N–H and O–H groups in total. The van der Waals surface area contributed by atoms with Gasteiger partial charge in [0, 0.05) is 31.7 Å². The fourth-order valence-corrected chi connectivity index (χ4v) is 3.78. The Kier molecular flexibility index (Phi) is 7.01. The second-order valence-electron chi connectivity index (χ2n) is 6.62. The van der Waals surface area contributed by atoms with Gasteiger partial charge in [-0.3, -0.25) is 4.90 Å². The first-order valence-electron chi connectivity index (χ1n) is 9.69. The second-order valence-corrected chi connectivity index (χ2v) is 6.62. The number of nitrogens with one attached hydrogen (secondary N) is 1. The minimum absolute atomic E-state index is 0.0264. The molecule has 1 aliphatic rings. The molecule has 2 aromatic carbocycles. The molecule has 1 heterocycles. The Bertz CT molecular complexity index is 750. The summed E-state index contributed by atoms with van der Waals surface area (Å²) in [6.45, 7) is 6.44. The number of benzene rings is 2. The summed E-state index contributed by atoms with van der Waals surface area (Å²) in [5.41, 5.74) is 2.23. The lowest BCUT2D eigenvalue weighted by Gasteiger charge is -2.36. The zero-order valence-corrected chi connectivity index (χ0v) is 17.2. The van der Waals surface area contributed by atoms with Gasteiger partial charge in [0.25, 0.3) is 0 Å². The first-order chi connectivity index (χ1) is 13.7. The van der Waals surface area contributed by atoms with Crippen LogP contribution >= 0.6 is 0 Å². The van der Waals surface area contributed by atoms with Gasteiger partial charge in [0.2, 0.25) is 5.75 Å². The van der Waals surface area contributed by atoms with Gasteiger partial charge in [-0.15, -0.1) is 0 Å². The van der Waals surface area contributed by atoms with Crippen LogP contribution in [0.2, 0.25) is 0 Å². The molecule has 152 valence electrons. The molecule has 0 aromatic heterocycles. The molecule has 1 atom stereocenters. The van der Waals surface area contributed by atoms with E-state index < -0.39 is 0 Å². The number of hydrogen-bond acceptors (Lipinski definition) is 6. The molecule has 0 saturated carbocycles. The van der Waals surface area contributed by atoms with E-state index in [2.05, 4.69) is 22.3 Å². The molecule has 1 unspecified atom stereocenters. The SMILES string of the molecule is CCOc1ccccc1C(c1cc(OC)c(OC)c(OC)c1)N1CCNCC1. The average Bonchev–Trinajstić information content (AvgIpc) is 2.75. The Morgan fingerprint density at radius 1 is 0.929 bits per heavy atom.